The first-order chi connectivity index (χ1) is 40.6. The molecular weight excluding hydrogens is 1030 g/mol. The van der Waals surface area contributed by atoms with E-state index in [2.05, 4.69) is 151 Å². The zero-order chi connectivity index (χ0) is 63.3. The van der Waals surface area contributed by atoms with Crippen LogP contribution in [0.4, 0.5) is 0 Å². The molecule has 0 radical (unpaired) electrons. The predicted octanol–water partition coefficient (Wildman–Crippen LogP) is 21.5. The Morgan fingerprint density at radius 2 is 0.762 bits per heavy atom. The molecule has 4 aromatic carbocycles. The van der Waals surface area contributed by atoms with E-state index in [1.807, 2.05) is 212 Å². The molecule has 8 aromatic heterocycles. The topological polar surface area (TPSA) is 116 Å². The summed E-state index contributed by atoms with van der Waals surface area (Å²) in [6, 6.07) is 45.6. The number of aromatic nitrogens is 9. The van der Waals surface area contributed by atoms with E-state index in [1.165, 1.54) is 54.6 Å². The van der Waals surface area contributed by atoms with Crippen molar-refractivity contribution in [2.24, 2.45) is 0 Å². The van der Waals surface area contributed by atoms with Crippen LogP contribution in [0.2, 0.25) is 0 Å². The Hall–Kier alpha value is -8.43. The third kappa shape index (κ3) is 24.2. The standard InChI is InChI=1S/3C11H11N.3C10H10N2.6C2H6/c1-8-3-6-11-10(7-8)5-4-9(2)12-11;1-8-3-4-10-5-9(2)7-12-11(10)6-8;1-8-3-4-10-6-9(2)12-7-11(10)5-8;1-7-5-9-6-11-4-3-10(9)8(2)12-7;1-7-6-10-9(8(2)12-7)4-3-5-11-10;1-7-9-5-3-4-6-10(9)12-8(2)11-7;6*1-2/h3*3-7H,1-2H3;3*3-6H,1-2H3;6*1-2H3. The van der Waals surface area contributed by atoms with Crippen molar-refractivity contribution in [3.63, 3.8) is 0 Å². The number of benzene rings is 4. The second-order valence-corrected chi connectivity index (χ2v) is 18.3. The number of hydrogen-bond acceptors (Lipinski definition) is 9. The maximum Gasteiger partial charge on any atom is 0.126 e. The molecule has 0 aliphatic carbocycles. The minimum atomic E-state index is 0.839. The van der Waals surface area contributed by atoms with Crippen molar-refractivity contribution >= 4 is 65.2 Å². The van der Waals surface area contributed by atoms with Gasteiger partial charge in [0.05, 0.1) is 22.1 Å². The molecule has 84 heavy (non-hydrogen) atoms. The average molecular weight is 1130 g/mol. The molecule has 0 bridgehead atoms. The summed E-state index contributed by atoms with van der Waals surface area (Å²) in [5.74, 6) is 0.839. The van der Waals surface area contributed by atoms with Crippen molar-refractivity contribution in [1.82, 2.24) is 44.9 Å². The van der Waals surface area contributed by atoms with Gasteiger partial charge in [0.15, 0.2) is 0 Å². The van der Waals surface area contributed by atoms with Crippen molar-refractivity contribution in [2.75, 3.05) is 0 Å². The zero-order valence-electron chi connectivity index (χ0n) is 55.6. The van der Waals surface area contributed by atoms with Gasteiger partial charge in [-0.25, -0.2) is 9.97 Å². The summed E-state index contributed by atoms with van der Waals surface area (Å²) in [4.78, 5) is 38.7. The lowest BCUT2D eigenvalue weighted by atomic mass is 10.1. The molecule has 0 unspecified atom stereocenters. The van der Waals surface area contributed by atoms with Gasteiger partial charge in [0.1, 0.15) is 5.82 Å². The lowest BCUT2D eigenvalue weighted by Crippen LogP contribution is -1.92. The Kier molecular flexibility index (Phi) is 35.7. The normalized spacial score (nSPS) is 9.43. The van der Waals surface area contributed by atoms with E-state index < -0.39 is 0 Å². The number of aryl methyl sites for hydroxylation is 12. The van der Waals surface area contributed by atoms with Crippen LogP contribution in [0.3, 0.4) is 0 Å². The summed E-state index contributed by atoms with van der Waals surface area (Å²) in [5.41, 5.74) is 16.7. The zero-order valence-corrected chi connectivity index (χ0v) is 55.6. The number of nitrogens with zero attached hydrogens (tertiary/aromatic N) is 9. The summed E-state index contributed by atoms with van der Waals surface area (Å²) < 4.78 is 0. The maximum absolute atomic E-state index is 4.42. The fourth-order valence-electron chi connectivity index (χ4n) is 8.27. The van der Waals surface area contributed by atoms with Gasteiger partial charge in [-0.2, -0.15) is 0 Å². The Morgan fingerprint density at radius 3 is 1.44 bits per heavy atom. The van der Waals surface area contributed by atoms with Gasteiger partial charge in [-0.15, -0.1) is 0 Å². The largest absolute Gasteiger partial charge is 0.264 e. The van der Waals surface area contributed by atoms with E-state index in [-0.39, 0.29) is 0 Å². The number of rotatable bonds is 0. The van der Waals surface area contributed by atoms with Crippen molar-refractivity contribution in [3.05, 3.63) is 232 Å². The molecular formula is C75H99N9. The number of para-hydroxylation sites is 1. The Labute approximate surface area is 506 Å². The molecule has 0 aliphatic rings. The smallest absolute Gasteiger partial charge is 0.126 e. The van der Waals surface area contributed by atoms with E-state index in [4.69, 9.17) is 0 Å². The van der Waals surface area contributed by atoms with Gasteiger partial charge in [0, 0.05) is 109 Å². The van der Waals surface area contributed by atoms with Gasteiger partial charge in [0.2, 0.25) is 0 Å². The highest BCUT2D eigenvalue weighted by molar-refractivity contribution is 5.85. The van der Waals surface area contributed by atoms with Crippen LogP contribution in [-0.2, 0) is 0 Å². The molecule has 0 fully saturated rings. The molecule has 0 atom stereocenters. The van der Waals surface area contributed by atoms with Crippen molar-refractivity contribution in [1.29, 1.82) is 0 Å². The highest BCUT2D eigenvalue weighted by Gasteiger charge is 2.02. The number of fused-ring (bicyclic) bond motifs is 6. The lowest BCUT2D eigenvalue weighted by molar-refractivity contribution is 1.05. The summed E-state index contributed by atoms with van der Waals surface area (Å²) in [6.45, 7) is 48.3. The Bertz CT molecular complexity index is 3290. The van der Waals surface area contributed by atoms with Crippen LogP contribution in [0.5, 0.6) is 0 Å². The molecule has 0 saturated carbocycles. The van der Waals surface area contributed by atoms with Crippen LogP contribution in [-0.4, -0.2) is 44.9 Å². The molecule has 0 N–H and O–H groups in total. The molecule has 9 heteroatoms. The van der Waals surface area contributed by atoms with E-state index in [0.717, 1.165) is 78.5 Å². The van der Waals surface area contributed by atoms with Gasteiger partial charge in [0.25, 0.3) is 0 Å². The van der Waals surface area contributed by atoms with Crippen molar-refractivity contribution < 1.29 is 0 Å². The molecule has 8 heterocycles. The summed E-state index contributed by atoms with van der Waals surface area (Å²) in [7, 11) is 0. The van der Waals surface area contributed by atoms with E-state index >= 15 is 0 Å². The van der Waals surface area contributed by atoms with Gasteiger partial charge >= 0.3 is 0 Å². The first kappa shape index (κ1) is 73.6. The summed E-state index contributed by atoms with van der Waals surface area (Å²) >= 11 is 0. The average Bonchev–Trinajstić information content (AvgIpc) is 3.73. The molecule has 444 valence electrons. The Balaban J connectivity index is 0.000000486. The Morgan fingerprint density at radius 1 is 0.250 bits per heavy atom. The molecule has 0 aliphatic heterocycles. The van der Waals surface area contributed by atoms with Gasteiger partial charge in [-0.3, -0.25) is 34.9 Å². The first-order valence-corrected chi connectivity index (χ1v) is 30.2. The monoisotopic (exact) mass is 1130 g/mol. The second-order valence-electron chi connectivity index (χ2n) is 18.3. The fraction of sp³-hybridized carbons (Fsp3) is 0.320. The van der Waals surface area contributed by atoms with Gasteiger partial charge in [-0.1, -0.05) is 149 Å². The van der Waals surface area contributed by atoms with Crippen LogP contribution in [0.1, 0.15) is 151 Å². The predicted molar refractivity (Wildman–Crippen MR) is 369 cm³/mol. The van der Waals surface area contributed by atoms with Crippen LogP contribution < -0.4 is 0 Å². The minimum absolute atomic E-state index is 0.839. The highest BCUT2D eigenvalue weighted by atomic mass is 14.9. The SMILES string of the molecule is CC.CC.CC.CC.CC.CC.Cc1cc2cnccc2c(C)n1.Cc1cc2ncccc2c(C)n1.Cc1ccc2cc(C)ncc2c1.Cc1ccc2nc(C)ccc2c1.Cc1cnc2cc(C)ccc2c1.Cc1nc(C)c2ccccc2n1. The molecule has 12 aromatic rings. The van der Waals surface area contributed by atoms with Gasteiger partial charge < -0.3 is 0 Å². The number of hydrogen-bond donors (Lipinski definition) is 0. The van der Waals surface area contributed by atoms with E-state index in [1.54, 1.807) is 12.4 Å². The molecule has 12 rings (SSSR count). The molecule has 0 saturated heterocycles. The molecule has 9 nitrogen and oxygen atoms in total. The number of pyridine rings is 7. The van der Waals surface area contributed by atoms with E-state index in [9.17, 15) is 0 Å². The van der Waals surface area contributed by atoms with Crippen LogP contribution in [0.25, 0.3) is 65.2 Å². The highest BCUT2D eigenvalue weighted by Crippen LogP contribution is 2.19. The van der Waals surface area contributed by atoms with Crippen molar-refractivity contribution in [3.8, 4) is 0 Å². The first-order valence-electron chi connectivity index (χ1n) is 30.2. The fourth-order valence-corrected chi connectivity index (χ4v) is 8.27. The van der Waals surface area contributed by atoms with E-state index in [0.29, 0.717) is 0 Å². The third-order valence-corrected chi connectivity index (χ3v) is 11.7. The molecule has 0 spiro atoms. The van der Waals surface area contributed by atoms with Crippen LogP contribution in [0, 0.1) is 83.1 Å². The third-order valence-electron chi connectivity index (χ3n) is 11.7. The maximum atomic E-state index is 4.42. The lowest BCUT2D eigenvalue weighted by Gasteiger charge is -2.01. The second kappa shape index (κ2) is 40.7. The van der Waals surface area contributed by atoms with Crippen molar-refractivity contribution in [2.45, 2.75) is 166 Å². The van der Waals surface area contributed by atoms with Crippen LogP contribution >= 0.6 is 0 Å². The quantitative estimate of drug-likeness (QED) is 0.146. The summed E-state index contributed by atoms with van der Waals surface area (Å²) in [5, 5.41) is 9.58. The van der Waals surface area contributed by atoms with Crippen LogP contribution in [0.15, 0.2) is 164 Å². The van der Waals surface area contributed by atoms with Gasteiger partial charge in [-0.05, 0) is 178 Å². The minimum Gasteiger partial charge on any atom is -0.264 e. The summed E-state index contributed by atoms with van der Waals surface area (Å²) in [6.07, 6.45) is 9.31. The molecule has 0 amide bonds.